The fourth-order valence-corrected chi connectivity index (χ4v) is 6.43. The average Bonchev–Trinajstić information content (AvgIpc) is 3.61. The van der Waals surface area contributed by atoms with Crippen LogP contribution in [0.4, 0.5) is 10.5 Å². The second-order valence-corrected chi connectivity index (χ2v) is 12.0. The van der Waals surface area contributed by atoms with Gasteiger partial charge in [-0.1, -0.05) is 60.7 Å². The van der Waals surface area contributed by atoms with Gasteiger partial charge in [0.15, 0.2) is 6.29 Å². The second-order valence-electron chi connectivity index (χ2n) is 12.0. The fourth-order valence-electron chi connectivity index (χ4n) is 6.43. The normalized spacial score (nSPS) is 19.3. The molecule has 2 aliphatic rings. The van der Waals surface area contributed by atoms with E-state index in [-0.39, 0.29) is 24.5 Å². The summed E-state index contributed by atoms with van der Waals surface area (Å²) in [5.74, 6) is 1.86. The van der Waals surface area contributed by atoms with Crippen LogP contribution in [0.2, 0.25) is 0 Å². The monoisotopic (exact) mass is 615 g/mol. The summed E-state index contributed by atoms with van der Waals surface area (Å²) in [6, 6.07) is 26.0. The van der Waals surface area contributed by atoms with Gasteiger partial charge < -0.3 is 28.7 Å². The molecule has 1 heterocycles. The van der Waals surface area contributed by atoms with Crippen LogP contribution in [-0.4, -0.2) is 88.2 Å². The summed E-state index contributed by atoms with van der Waals surface area (Å²) in [6.07, 6.45) is 2.22. The third-order valence-corrected chi connectivity index (χ3v) is 8.90. The number of hydrogen-bond acceptors (Lipinski definition) is 7. The smallest absolute Gasteiger partial charge is 0.411 e. The molecule has 3 aromatic carbocycles. The molecule has 45 heavy (non-hydrogen) atoms. The van der Waals surface area contributed by atoms with Gasteiger partial charge in [-0.2, -0.15) is 0 Å². The summed E-state index contributed by atoms with van der Waals surface area (Å²) in [4.78, 5) is 29.3. The Morgan fingerprint density at radius 1 is 0.911 bits per heavy atom. The first kappa shape index (κ1) is 32.5. The largest absolute Gasteiger partial charge is 0.493 e. The Labute approximate surface area is 266 Å². The number of likely N-dealkylation sites (N-methyl/N-ethyl adjacent to an activating group) is 1. The van der Waals surface area contributed by atoms with Crippen LogP contribution in [0.25, 0.3) is 11.1 Å². The van der Waals surface area contributed by atoms with Crippen molar-refractivity contribution in [2.24, 2.45) is 11.8 Å². The number of methoxy groups -OCH3 is 2. The SMILES string of the molecule is COC(CN(C)C(=O)CCOc1ccc(CCN2C[C@H]3C[C@H](OC(=O)Nc4ccccc4-c4ccccc4)C[C@H]3C2)cc1)OC. The average molecular weight is 616 g/mol. The predicted molar refractivity (Wildman–Crippen MR) is 174 cm³/mol. The molecule has 0 aromatic heterocycles. The molecule has 1 N–H and O–H groups in total. The minimum absolute atomic E-state index is 0.0214. The van der Waals surface area contributed by atoms with Gasteiger partial charge in [-0.15, -0.1) is 0 Å². The summed E-state index contributed by atoms with van der Waals surface area (Å²) in [6.45, 7) is 3.78. The maximum atomic E-state index is 12.8. The van der Waals surface area contributed by atoms with Gasteiger partial charge in [0.1, 0.15) is 11.9 Å². The Morgan fingerprint density at radius 3 is 2.27 bits per heavy atom. The van der Waals surface area contributed by atoms with E-state index in [1.807, 2.05) is 66.7 Å². The first-order valence-electron chi connectivity index (χ1n) is 15.8. The van der Waals surface area contributed by atoms with Gasteiger partial charge in [-0.25, -0.2) is 4.79 Å². The molecule has 240 valence electrons. The van der Waals surface area contributed by atoms with Crippen molar-refractivity contribution >= 4 is 17.7 Å². The number of likely N-dealkylation sites (tertiary alicyclic amines) is 1. The molecule has 1 saturated carbocycles. The third-order valence-electron chi connectivity index (χ3n) is 8.90. The van der Waals surface area contributed by atoms with Crippen LogP contribution in [0.15, 0.2) is 78.9 Å². The van der Waals surface area contributed by atoms with Gasteiger partial charge in [0.2, 0.25) is 5.91 Å². The molecule has 9 heteroatoms. The fraction of sp³-hybridized carbons (Fsp3) is 0.444. The van der Waals surface area contributed by atoms with E-state index >= 15 is 0 Å². The van der Waals surface area contributed by atoms with Gasteiger partial charge in [0.25, 0.3) is 0 Å². The molecule has 1 saturated heterocycles. The number of nitrogens with one attached hydrogen (secondary N) is 1. The number of ether oxygens (including phenoxy) is 4. The third kappa shape index (κ3) is 9.06. The van der Waals surface area contributed by atoms with Crippen LogP contribution in [0.3, 0.4) is 0 Å². The number of anilines is 1. The molecular formula is C36H45N3O6. The minimum atomic E-state index is -0.438. The van der Waals surface area contributed by atoms with Gasteiger partial charge in [-0.05, 0) is 60.4 Å². The molecule has 2 amide bonds. The molecule has 1 aliphatic heterocycles. The topological polar surface area (TPSA) is 89.6 Å². The molecule has 3 aromatic rings. The van der Waals surface area contributed by atoms with E-state index in [0.717, 1.165) is 61.5 Å². The zero-order valence-corrected chi connectivity index (χ0v) is 26.5. The molecular weight excluding hydrogens is 570 g/mol. The van der Waals surface area contributed by atoms with Crippen LogP contribution in [0.1, 0.15) is 24.8 Å². The highest BCUT2D eigenvalue weighted by Crippen LogP contribution is 2.39. The Balaban J connectivity index is 0.992. The number of amides is 2. The quantitative estimate of drug-likeness (QED) is 0.233. The Bertz CT molecular complexity index is 1370. The van der Waals surface area contributed by atoms with Crippen molar-refractivity contribution in [1.82, 2.24) is 9.80 Å². The molecule has 1 aliphatic carbocycles. The van der Waals surface area contributed by atoms with Crippen LogP contribution in [0, 0.1) is 11.8 Å². The molecule has 0 radical (unpaired) electrons. The number of fused-ring (bicyclic) bond motifs is 1. The zero-order chi connectivity index (χ0) is 31.6. The molecule has 2 fully saturated rings. The van der Waals surface area contributed by atoms with E-state index in [4.69, 9.17) is 18.9 Å². The number of carbonyl (C=O) groups is 2. The lowest BCUT2D eigenvalue weighted by Crippen LogP contribution is -2.36. The first-order chi connectivity index (χ1) is 21.9. The van der Waals surface area contributed by atoms with Crippen LogP contribution >= 0.6 is 0 Å². The van der Waals surface area contributed by atoms with Gasteiger partial charge >= 0.3 is 6.09 Å². The van der Waals surface area contributed by atoms with Crippen molar-refractivity contribution in [2.45, 2.75) is 38.1 Å². The number of rotatable bonds is 14. The molecule has 0 unspecified atom stereocenters. The number of carbonyl (C=O) groups excluding carboxylic acids is 2. The summed E-state index contributed by atoms with van der Waals surface area (Å²) < 4.78 is 22.0. The standard InChI is InChI=1S/C36H45N3O6/c1-38(25-35(42-2)43-3)34(40)18-20-44-30-15-13-26(14-16-30)17-19-39-23-28-21-31(22-29(28)24-39)45-36(41)37-33-12-8-7-11-32(33)27-9-5-4-6-10-27/h4-16,28-29,31,35H,17-25H2,1-3H3,(H,37,41)/t28-,29+,31+. The lowest BCUT2D eigenvalue weighted by Gasteiger charge is -2.22. The van der Waals surface area contributed by atoms with Crippen molar-refractivity contribution in [3.63, 3.8) is 0 Å². The summed E-state index contributed by atoms with van der Waals surface area (Å²) in [5.41, 5.74) is 4.05. The van der Waals surface area contributed by atoms with Crippen molar-refractivity contribution < 1.29 is 28.5 Å². The maximum Gasteiger partial charge on any atom is 0.411 e. The first-order valence-corrected chi connectivity index (χ1v) is 15.8. The summed E-state index contributed by atoms with van der Waals surface area (Å²) >= 11 is 0. The lowest BCUT2D eigenvalue weighted by molar-refractivity contribution is -0.143. The van der Waals surface area contributed by atoms with E-state index in [1.165, 1.54) is 5.56 Å². The number of hydrogen-bond donors (Lipinski definition) is 1. The van der Waals surface area contributed by atoms with E-state index in [1.54, 1.807) is 26.2 Å². The van der Waals surface area contributed by atoms with Gasteiger partial charge in [-0.3, -0.25) is 10.1 Å². The van der Waals surface area contributed by atoms with Gasteiger partial charge in [0.05, 0.1) is 25.3 Å². The van der Waals surface area contributed by atoms with E-state index in [2.05, 4.69) is 22.3 Å². The molecule has 9 nitrogen and oxygen atoms in total. The minimum Gasteiger partial charge on any atom is -0.493 e. The maximum absolute atomic E-state index is 12.8. The van der Waals surface area contributed by atoms with E-state index in [0.29, 0.717) is 25.0 Å². The summed E-state index contributed by atoms with van der Waals surface area (Å²) in [5, 5.41) is 2.98. The molecule has 0 bridgehead atoms. The Hall–Kier alpha value is -3.92. The zero-order valence-electron chi connectivity index (χ0n) is 26.5. The highest BCUT2D eigenvalue weighted by Gasteiger charge is 2.42. The summed E-state index contributed by atoms with van der Waals surface area (Å²) in [7, 11) is 4.84. The molecule has 5 rings (SSSR count). The van der Waals surface area contributed by atoms with Gasteiger partial charge in [0, 0.05) is 46.5 Å². The van der Waals surface area contributed by atoms with Crippen molar-refractivity contribution in [3.8, 4) is 16.9 Å². The predicted octanol–water partition coefficient (Wildman–Crippen LogP) is 5.70. The molecule has 0 spiro atoms. The molecule has 3 atom stereocenters. The Kier molecular flexibility index (Phi) is 11.5. The Morgan fingerprint density at radius 2 is 1.58 bits per heavy atom. The van der Waals surface area contributed by atoms with Crippen LogP contribution < -0.4 is 10.1 Å². The van der Waals surface area contributed by atoms with Crippen molar-refractivity contribution in [3.05, 3.63) is 84.4 Å². The van der Waals surface area contributed by atoms with Crippen LogP contribution in [-0.2, 0) is 25.4 Å². The van der Waals surface area contributed by atoms with E-state index in [9.17, 15) is 9.59 Å². The lowest BCUT2D eigenvalue weighted by atomic mass is 10.0. The van der Waals surface area contributed by atoms with E-state index < -0.39 is 6.29 Å². The van der Waals surface area contributed by atoms with Crippen molar-refractivity contribution in [2.75, 3.05) is 59.4 Å². The number of benzene rings is 3. The number of para-hydroxylation sites is 1. The van der Waals surface area contributed by atoms with Crippen molar-refractivity contribution in [1.29, 1.82) is 0 Å². The highest BCUT2D eigenvalue weighted by molar-refractivity contribution is 5.91. The van der Waals surface area contributed by atoms with Crippen LogP contribution in [0.5, 0.6) is 5.75 Å². The second kappa shape index (κ2) is 15.9. The highest BCUT2D eigenvalue weighted by atomic mass is 16.7. The number of nitrogens with zero attached hydrogens (tertiary/aromatic N) is 2.